The number of rotatable bonds is 5. The molecule has 66 valence electrons. The van der Waals surface area contributed by atoms with Gasteiger partial charge in [0.05, 0.1) is 0 Å². The summed E-state index contributed by atoms with van der Waals surface area (Å²) in [5.41, 5.74) is 0. The Morgan fingerprint density at radius 1 is 1.64 bits per heavy atom. The summed E-state index contributed by atoms with van der Waals surface area (Å²) in [6.07, 6.45) is 2.53. The lowest BCUT2D eigenvalue weighted by Gasteiger charge is -2.06. The molecular weight excluding hydrogens is 142 g/mol. The maximum absolute atomic E-state index is 10.8. The van der Waals surface area contributed by atoms with Gasteiger partial charge in [-0.2, -0.15) is 0 Å². The van der Waals surface area contributed by atoms with Gasteiger partial charge >= 0.3 is 0 Å². The number of amides is 1. The zero-order valence-electron chi connectivity index (χ0n) is 7.26. The Morgan fingerprint density at radius 3 is 2.73 bits per heavy atom. The zero-order valence-corrected chi connectivity index (χ0v) is 7.26. The van der Waals surface area contributed by atoms with Crippen molar-refractivity contribution in [3.63, 3.8) is 0 Å². The number of aliphatic hydroxyl groups is 1. The summed E-state index contributed by atoms with van der Waals surface area (Å²) < 4.78 is 0. The average molecular weight is 159 g/mol. The van der Waals surface area contributed by atoms with Crippen molar-refractivity contribution in [2.24, 2.45) is 5.92 Å². The summed E-state index contributed by atoms with van der Waals surface area (Å²) in [4.78, 5) is 10.8. The monoisotopic (exact) mass is 159 g/mol. The Morgan fingerprint density at radius 2 is 2.27 bits per heavy atom. The van der Waals surface area contributed by atoms with Crippen LogP contribution in [0.4, 0.5) is 0 Å². The van der Waals surface area contributed by atoms with E-state index in [0.29, 0.717) is 12.3 Å². The Bertz CT molecular complexity index is 115. The van der Waals surface area contributed by atoms with E-state index in [1.54, 1.807) is 0 Å². The van der Waals surface area contributed by atoms with Crippen LogP contribution in [0.1, 0.15) is 33.1 Å². The van der Waals surface area contributed by atoms with E-state index in [2.05, 4.69) is 19.2 Å². The van der Waals surface area contributed by atoms with E-state index in [-0.39, 0.29) is 12.6 Å². The third-order valence-corrected chi connectivity index (χ3v) is 1.84. The molecule has 0 fully saturated rings. The molecule has 0 aromatic heterocycles. The second-order valence-corrected chi connectivity index (χ2v) is 2.81. The van der Waals surface area contributed by atoms with Crippen LogP contribution in [0.15, 0.2) is 0 Å². The molecule has 1 amide bonds. The first-order valence-corrected chi connectivity index (χ1v) is 4.08. The maximum Gasteiger partial charge on any atom is 0.221 e. The third-order valence-electron chi connectivity index (χ3n) is 1.84. The van der Waals surface area contributed by atoms with Gasteiger partial charge in [-0.3, -0.25) is 4.79 Å². The summed E-state index contributed by atoms with van der Waals surface area (Å²) in [7, 11) is 0. The van der Waals surface area contributed by atoms with Crippen molar-refractivity contribution in [1.82, 2.24) is 5.32 Å². The standard InChI is InChI=1S/C8H17NO2/c1-3-7(2)4-5-8(11)9-6-10/h7,10H,3-6H2,1-2H3,(H,9,11). The third kappa shape index (κ3) is 5.85. The number of nitrogens with one attached hydrogen (secondary N) is 1. The van der Waals surface area contributed by atoms with Crippen LogP contribution in [-0.4, -0.2) is 17.7 Å². The minimum absolute atomic E-state index is 0.0622. The van der Waals surface area contributed by atoms with Crippen LogP contribution in [0, 0.1) is 5.92 Å². The van der Waals surface area contributed by atoms with E-state index in [1.165, 1.54) is 0 Å². The van der Waals surface area contributed by atoms with Gasteiger partial charge in [-0.05, 0) is 12.3 Å². The van der Waals surface area contributed by atoms with Crippen LogP contribution in [0.2, 0.25) is 0 Å². The molecule has 11 heavy (non-hydrogen) atoms. The molecule has 3 nitrogen and oxygen atoms in total. The van der Waals surface area contributed by atoms with Gasteiger partial charge in [-0.15, -0.1) is 0 Å². The van der Waals surface area contributed by atoms with Gasteiger partial charge in [0.25, 0.3) is 0 Å². The van der Waals surface area contributed by atoms with Crippen molar-refractivity contribution in [3.8, 4) is 0 Å². The van der Waals surface area contributed by atoms with Crippen LogP contribution >= 0.6 is 0 Å². The molecule has 0 aromatic carbocycles. The average Bonchev–Trinajstić information content (AvgIpc) is 2.01. The van der Waals surface area contributed by atoms with E-state index in [0.717, 1.165) is 12.8 Å². The fraction of sp³-hybridized carbons (Fsp3) is 0.875. The molecule has 0 aromatic rings. The zero-order chi connectivity index (χ0) is 8.69. The highest BCUT2D eigenvalue weighted by atomic mass is 16.3. The molecule has 0 saturated heterocycles. The van der Waals surface area contributed by atoms with Gasteiger partial charge in [0.2, 0.25) is 5.91 Å². The molecule has 3 heteroatoms. The number of aliphatic hydroxyl groups excluding tert-OH is 1. The summed E-state index contributed by atoms with van der Waals surface area (Å²) in [5.74, 6) is 0.534. The molecule has 0 aliphatic heterocycles. The Balaban J connectivity index is 3.30. The smallest absolute Gasteiger partial charge is 0.221 e. The van der Waals surface area contributed by atoms with Crippen LogP contribution in [-0.2, 0) is 4.79 Å². The molecule has 0 saturated carbocycles. The van der Waals surface area contributed by atoms with E-state index >= 15 is 0 Å². The summed E-state index contributed by atoms with van der Waals surface area (Å²) in [6, 6.07) is 0. The first kappa shape index (κ1) is 10.4. The largest absolute Gasteiger partial charge is 0.377 e. The minimum Gasteiger partial charge on any atom is -0.377 e. The minimum atomic E-state index is -0.251. The summed E-state index contributed by atoms with van der Waals surface area (Å²) in [6.45, 7) is 3.97. The number of carbonyl (C=O) groups is 1. The molecule has 1 unspecified atom stereocenters. The fourth-order valence-electron chi connectivity index (χ4n) is 0.758. The second-order valence-electron chi connectivity index (χ2n) is 2.81. The van der Waals surface area contributed by atoms with E-state index in [9.17, 15) is 4.79 Å². The molecule has 0 aliphatic rings. The lowest BCUT2D eigenvalue weighted by molar-refractivity contribution is -0.122. The highest BCUT2D eigenvalue weighted by Crippen LogP contribution is 2.08. The molecule has 2 N–H and O–H groups in total. The Kier molecular flexibility index (Phi) is 5.84. The Labute approximate surface area is 67.8 Å². The van der Waals surface area contributed by atoms with Crippen LogP contribution < -0.4 is 5.32 Å². The van der Waals surface area contributed by atoms with Crippen molar-refractivity contribution in [2.75, 3.05) is 6.73 Å². The molecule has 1 atom stereocenters. The topological polar surface area (TPSA) is 49.3 Å². The second kappa shape index (κ2) is 6.16. The predicted octanol–water partition coefficient (Wildman–Crippen LogP) is 0.879. The van der Waals surface area contributed by atoms with Gasteiger partial charge in [0.1, 0.15) is 6.73 Å². The first-order chi connectivity index (χ1) is 5.20. The van der Waals surface area contributed by atoms with Gasteiger partial charge < -0.3 is 10.4 Å². The van der Waals surface area contributed by atoms with Crippen LogP contribution in [0.3, 0.4) is 0 Å². The maximum atomic E-state index is 10.8. The van der Waals surface area contributed by atoms with Crippen molar-refractivity contribution >= 4 is 5.91 Å². The van der Waals surface area contributed by atoms with Crippen molar-refractivity contribution < 1.29 is 9.90 Å². The van der Waals surface area contributed by atoms with E-state index in [4.69, 9.17) is 5.11 Å². The fourth-order valence-corrected chi connectivity index (χ4v) is 0.758. The van der Waals surface area contributed by atoms with Gasteiger partial charge in [0, 0.05) is 6.42 Å². The van der Waals surface area contributed by atoms with Gasteiger partial charge in [-0.25, -0.2) is 0 Å². The van der Waals surface area contributed by atoms with Crippen molar-refractivity contribution in [2.45, 2.75) is 33.1 Å². The summed E-state index contributed by atoms with van der Waals surface area (Å²) in [5, 5.41) is 10.7. The number of hydrogen-bond acceptors (Lipinski definition) is 2. The lowest BCUT2D eigenvalue weighted by atomic mass is 10.0. The predicted molar refractivity (Wildman–Crippen MR) is 43.9 cm³/mol. The molecule has 0 spiro atoms. The lowest BCUT2D eigenvalue weighted by Crippen LogP contribution is -2.24. The quantitative estimate of drug-likeness (QED) is 0.585. The summed E-state index contributed by atoms with van der Waals surface area (Å²) >= 11 is 0. The Hall–Kier alpha value is -0.570. The number of hydrogen-bond donors (Lipinski definition) is 2. The van der Waals surface area contributed by atoms with Crippen molar-refractivity contribution in [3.05, 3.63) is 0 Å². The van der Waals surface area contributed by atoms with E-state index < -0.39 is 0 Å². The van der Waals surface area contributed by atoms with Crippen LogP contribution in [0.5, 0.6) is 0 Å². The van der Waals surface area contributed by atoms with E-state index in [1.807, 2.05) is 0 Å². The molecule has 0 radical (unpaired) electrons. The number of carbonyl (C=O) groups excluding carboxylic acids is 1. The van der Waals surface area contributed by atoms with Gasteiger partial charge in [0.15, 0.2) is 0 Å². The molecule has 0 bridgehead atoms. The first-order valence-electron chi connectivity index (χ1n) is 4.08. The van der Waals surface area contributed by atoms with Gasteiger partial charge in [-0.1, -0.05) is 20.3 Å². The van der Waals surface area contributed by atoms with Crippen molar-refractivity contribution in [1.29, 1.82) is 0 Å². The molecule has 0 aliphatic carbocycles. The highest BCUT2D eigenvalue weighted by Gasteiger charge is 2.03. The normalized spacial score (nSPS) is 12.6. The highest BCUT2D eigenvalue weighted by molar-refractivity contribution is 5.75. The molecule has 0 heterocycles. The molecular formula is C8H17NO2. The SMILES string of the molecule is CCC(C)CCC(=O)NCO. The molecule has 0 rings (SSSR count). The van der Waals surface area contributed by atoms with Crippen LogP contribution in [0.25, 0.3) is 0 Å².